The molecule has 0 aromatic carbocycles. The van der Waals surface area contributed by atoms with Crippen LogP contribution < -0.4 is 0 Å². The molecule has 0 amide bonds. The molecule has 0 N–H and O–H groups in total. The molecular formula is C10H19NO. The number of allylic oxidation sites excluding steroid dienone is 1. The fraction of sp³-hybridized carbons (Fsp3) is 0.800. The highest BCUT2D eigenvalue weighted by Crippen LogP contribution is 2.00. The summed E-state index contributed by atoms with van der Waals surface area (Å²) in [7, 11) is 0. The molecule has 70 valence electrons. The molecule has 2 nitrogen and oxygen atoms in total. The maximum Gasteiger partial charge on any atom is 0.0642 e. The van der Waals surface area contributed by atoms with Gasteiger partial charge >= 0.3 is 0 Å². The molecule has 1 rings (SSSR count). The fourth-order valence-electron chi connectivity index (χ4n) is 1.27. The van der Waals surface area contributed by atoms with Gasteiger partial charge in [0.05, 0.1) is 13.2 Å². The Kier molecular flexibility index (Phi) is 4.85. The van der Waals surface area contributed by atoms with Crippen LogP contribution in [0, 0.1) is 0 Å². The predicted octanol–water partition coefficient (Wildman–Crippen LogP) is 2.02. The van der Waals surface area contributed by atoms with Crippen molar-refractivity contribution in [3.8, 4) is 0 Å². The molecule has 0 spiro atoms. The number of rotatable bonds is 4. The van der Waals surface area contributed by atoms with E-state index in [9.17, 15) is 0 Å². The Balaban J connectivity index is 2.07. The Labute approximate surface area is 75.2 Å². The highest BCUT2D eigenvalue weighted by Gasteiger charge is 2.04. The van der Waals surface area contributed by atoms with Crippen molar-refractivity contribution in [2.45, 2.75) is 26.2 Å². The third kappa shape index (κ3) is 3.77. The van der Waals surface area contributed by atoms with Crippen molar-refractivity contribution >= 4 is 0 Å². The maximum atomic E-state index is 5.25. The SMILES string of the molecule is CCCC/C=C/N1CCOCC1. The van der Waals surface area contributed by atoms with Crippen molar-refractivity contribution in [2.75, 3.05) is 26.3 Å². The summed E-state index contributed by atoms with van der Waals surface area (Å²) in [5, 5.41) is 0. The topological polar surface area (TPSA) is 12.5 Å². The lowest BCUT2D eigenvalue weighted by molar-refractivity contribution is 0.0593. The highest BCUT2D eigenvalue weighted by atomic mass is 16.5. The molecule has 0 aromatic heterocycles. The number of morpholine rings is 1. The minimum Gasteiger partial charge on any atom is -0.378 e. The van der Waals surface area contributed by atoms with Gasteiger partial charge in [-0.2, -0.15) is 0 Å². The van der Waals surface area contributed by atoms with E-state index in [4.69, 9.17) is 4.74 Å². The molecule has 1 aliphatic heterocycles. The second kappa shape index (κ2) is 6.06. The number of ether oxygens (including phenoxy) is 1. The molecule has 1 heterocycles. The van der Waals surface area contributed by atoms with E-state index in [0.717, 1.165) is 26.3 Å². The molecule has 0 saturated carbocycles. The van der Waals surface area contributed by atoms with Gasteiger partial charge in [-0.15, -0.1) is 0 Å². The van der Waals surface area contributed by atoms with Crippen molar-refractivity contribution < 1.29 is 4.74 Å². The molecule has 1 fully saturated rings. The number of hydrogen-bond donors (Lipinski definition) is 0. The molecule has 1 saturated heterocycles. The first-order valence-corrected chi connectivity index (χ1v) is 4.92. The van der Waals surface area contributed by atoms with Crippen LogP contribution in [0.25, 0.3) is 0 Å². The van der Waals surface area contributed by atoms with E-state index in [1.807, 2.05) is 0 Å². The van der Waals surface area contributed by atoms with Crippen LogP contribution in [0.4, 0.5) is 0 Å². The van der Waals surface area contributed by atoms with E-state index in [1.54, 1.807) is 0 Å². The largest absolute Gasteiger partial charge is 0.378 e. The van der Waals surface area contributed by atoms with Crippen LogP contribution in [-0.4, -0.2) is 31.2 Å². The van der Waals surface area contributed by atoms with Crippen molar-refractivity contribution in [2.24, 2.45) is 0 Å². The second-order valence-electron chi connectivity index (χ2n) is 3.18. The maximum absolute atomic E-state index is 5.25. The minimum absolute atomic E-state index is 0.887. The lowest BCUT2D eigenvalue weighted by atomic mass is 10.2. The minimum atomic E-state index is 0.887. The van der Waals surface area contributed by atoms with Gasteiger partial charge in [0.1, 0.15) is 0 Å². The number of nitrogens with zero attached hydrogens (tertiary/aromatic N) is 1. The van der Waals surface area contributed by atoms with Crippen LogP contribution in [0.2, 0.25) is 0 Å². The van der Waals surface area contributed by atoms with Crippen molar-refractivity contribution in [1.82, 2.24) is 4.90 Å². The van der Waals surface area contributed by atoms with E-state index in [1.165, 1.54) is 19.3 Å². The Bertz CT molecular complexity index is 128. The predicted molar refractivity (Wildman–Crippen MR) is 51.1 cm³/mol. The average Bonchev–Trinajstić information content (AvgIpc) is 2.14. The van der Waals surface area contributed by atoms with Gasteiger partial charge in [-0.25, -0.2) is 0 Å². The van der Waals surface area contributed by atoms with Crippen LogP contribution in [-0.2, 0) is 4.74 Å². The summed E-state index contributed by atoms with van der Waals surface area (Å²) in [6, 6.07) is 0. The van der Waals surface area contributed by atoms with E-state index < -0.39 is 0 Å². The summed E-state index contributed by atoms with van der Waals surface area (Å²) in [6.07, 6.45) is 8.30. The highest BCUT2D eigenvalue weighted by molar-refractivity contribution is 4.83. The van der Waals surface area contributed by atoms with Gasteiger partial charge in [0.15, 0.2) is 0 Å². The number of hydrogen-bond acceptors (Lipinski definition) is 2. The van der Waals surface area contributed by atoms with E-state index >= 15 is 0 Å². The summed E-state index contributed by atoms with van der Waals surface area (Å²) in [4.78, 5) is 2.33. The Morgan fingerprint density at radius 3 is 2.75 bits per heavy atom. The molecule has 1 aliphatic rings. The Morgan fingerprint density at radius 2 is 2.08 bits per heavy atom. The number of unbranched alkanes of at least 4 members (excludes halogenated alkanes) is 2. The molecule has 12 heavy (non-hydrogen) atoms. The third-order valence-corrected chi connectivity index (χ3v) is 2.09. The van der Waals surface area contributed by atoms with Gasteiger partial charge in [-0.1, -0.05) is 25.8 Å². The quantitative estimate of drug-likeness (QED) is 0.597. The molecule has 0 bridgehead atoms. The van der Waals surface area contributed by atoms with E-state index in [0.29, 0.717) is 0 Å². The summed E-state index contributed by atoms with van der Waals surface area (Å²) in [5.41, 5.74) is 0. The fourth-order valence-corrected chi connectivity index (χ4v) is 1.27. The zero-order valence-electron chi connectivity index (χ0n) is 7.96. The Hall–Kier alpha value is -0.500. The first kappa shape index (κ1) is 9.59. The second-order valence-corrected chi connectivity index (χ2v) is 3.18. The van der Waals surface area contributed by atoms with Gasteiger partial charge in [0.2, 0.25) is 0 Å². The van der Waals surface area contributed by atoms with Gasteiger partial charge in [0, 0.05) is 13.1 Å². The lowest BCUT2D eigenvalue weighted by Crippen LogP contribution is -2.31. The standard InChI is InChI=1S/C10H19NO/c1-2-3-4-5-6-11-7-9-12-10-8-11/h5-6H,2-4,7-10H2,1H3/b6-5+. The van der Waals surface area contributed by atoms with E-state index in [-0.39, 0.29) is 0 Å². The van der Waals surface area contributed by atoms with Crippen molar-refractivity contribution in [1.29, 1.82) is 0 Å². The Morgan fingerprint density at radius 1 is 1.33 bits per heavy atom. The third-order valence-electron chi connectivity index (χ3n) is 2.09. The molecule has 0 aliphatic carbocycles. The normalized spacial score (nSPS) is 18.9. The van der Waals surface area contributed by atoms with Crippen molar-refractivity contribution in [3.05, 3.63) is 12.3 Å². The smallest absolute Gasteiger partial charge is 0.0642 e. The summed E-state index contributed by atoms with van der Waals surface area (Å²) < 4.78 is 5.25. The molecule has 2 heteroatoms. The average molecular weight is 169 g/mol. The van der Waals surface area contributed by atoms with Crippen LogP contribution in [0.1, 0.15) is 26.2 Å². The monoisotopic (exact) mass is 169 g/mol. The zero-order valence-corrected chi connectivity index (χ0v) is 7.96. The molecule has 0 radical (unpaired) electrons. The molecule has 0 aromatic rings. The molecule has 0 atom stereocenters. The summed E-state index contributed by atoms with van der Waals surface area (Å²) in [6.45, 7) is 6.12. The zero-order chi connectivity index (χ0) is 8.65. The van der Waals surface area contributed by atoms with Gasteiger partial charge in [-0.05, 0) is 12.6 Å². The lowest BCUT2D eigenvalue weighted by Gasteiger charge is -2.24. The van der Waals surface area contributed by atoms with Crippen LogP contribution in [0.15, 0.2) is 12.3 Å². The molecule has 0 unspecified atom stereocenters. The van der Waals surface area contributed by atoms with Gasteiger partial charge in [0.25, 0.3) is 0 Å². The summed E-state index contributed by atoms with van der Waals surface area (Å²) >= 11 is 0. The van der Waals surface area contributed by atoms with Gasteiger partial charge in [-0.3, -0.25) is 0 Å². The first-order chi connectivity index (χ1) is 5.93. The van der Waals surface area contributed by atoms with Crippen LogP contribution in [0.3, 0.4) is 0 Å². The van der Waals surface area contributed by atoms with Crippen LogP contribution in [0.5, 0.6) is 0 Å². The van der Waals surface area contributed by atoms with Crippen LogP contribution >= 0.6 is 0 Å². The van der Waals surface area contributed by atoms with Gasteiger partial charge < -0.3 is 9.64 Å². The summed E-state index contributed by atoms with van der Waals surface area (Å²) in [5.74, 6) is 0. The van der Waals surface area contributed by atoms with Crippen molar-refractivity contribution in [3.63, 3.8) is 0 Å². The van der Waals surface area contributed by atoms with E-state index in [2.05, 4.69) is 24.1 Å². The molecular weight excluding hydrogens is 150 g/mol. The first-order valence-electron chi connectivity index (χ1n) is 4.92.